The van der Waals surface area contributed by atoms with E-state index in [0.717, 1.165) is 31.6 Å². The number of carbonyl (C=O) groups excluding carboxylic acids is 1. The van der Waals surface area contributed by atoms with Gasteiger partial charge in [-0.2, -0.15) is 0 Å². The fourth-order valence-corrected chi connectivity index (χ4v) is 9.79. The summed E-state index contributed by atoms with van der Waals surface area (Å²) in [5.41, 5.74) is -0.305. The highest BCUT2D eigenvalue weighted by Gasteiger charge is 2.52. The molecular weight excluding hydrogens is 444 g/mol. The van der Waals surface area contributed by atoms with Crippen molar-refractivity contribution >= 4 is 26.4 Å². The summed E-state index contributed by atoms with van der Waals surface area (Å²) in [4.78, 5) is 11.5. The summed E-state index contributed by atoms with van der Waals surface area (Å²) in [5.74, 6) is 1.73. The molecule has 5 unspecified atom stereocenters. The van der Waals surface area contributed by atoms with E-state index in [4.69, 9.17) is 29.6 Å². The molecule has 0 bridgehead atoms. The van der Waals surface area contributed by atoms with Gasteiger partial charge < -0.3 is 18.0 Å². The van der Waals surface area contributed by atoms with Crippen LogP contribution in [-0.2, 0) is 22.8 Å². The third-order valence-electron chi connectivity index (χ3n) is 7.68. The van der Waals surface area contributed by atoms with Crippen LogP contribution in [0, 0.1) is 23.7 Å². The average molecular weight is 491 g/mol. The van der Waals surface area contributed by atoms with Gasteiger partial charge >= 0.3 is 14.8 Å². The fourth-order valence-electron chi connectivity index (χ4n) is 6.23. The number of halogens is 1. The van der Waals surface area contributed by atoms with Crippen LogP contribution in [0.5, 0.6) is 0 Å². The van der Waals surface area contributed by atoms with Crippen molar-refractivity contribution in [3.63, 3.8) is 0 Å². The first kappa shape index (κ1) is 28.1. The summed E-state index contributed by atoms with van der Waals surface area (Å²) < 4.78 is 24.4. The Bertz CT molecular complexity index is 523. The molecule has 2 aliphatic rings. The zero-order valence-electron chi connectivity index (χ0n) is 21.1. The van der Waals surface area contributed by atoms with Crippen LogP contribution in [0.15, 0.2) is 0 Å². The molecule has 0 saturated heterocycles. The summed E-state index contributed by atoms with van der Waals surface area (Å²) in [5, 5.41) is 0. The Kier molecular flexibility index (Phi) is 12.6. The second kappa shape index (κ2) is 14.3. The second-order valence-electron chi connectivity index (χ2n) is 9.65. The van der Waals surface area contributed by atoms with E-state index in [2.05, 4.69) is 6.92 Å². The van der Waals surface area contributed by atoms with Crippen molar-refractivity contribution in [2.45, 2.75) is 110 Å². The number of ether oxygens (including phenoxy) is 1. The first-order valence-electron chi connectivity index (χ1n) is 13.1. The van der Waals surface area contributed by atoms with Gasteiger partial charge in [0.1, 0.15) is 0 Å². The molecule has 0 aromatic rings. The van der Waals surface area contributed by atoms with Gasteiger partial charge in [0.25, 0.3) is 0 Å². The molecule has 2 fully saturated rings. The molecule has 0 aromatic carbocycles. The van der Waals surface area contributed by atoms with Crippen LogP contribution in [0.25, 0.3) is 0 Å². The number of carbonyl (C=O) groups is 1. The molecule has 0 heterocycles. The fraction of sp³-hybridized carbons (Fsp3) is 0.960. The smallest absolute Gasteiger partial charge is 0.446 e. The van der Waals surface area contributed by atoms with E-state index in [1.807, 2.05) is 20.8 Å². The zero-order valence-corrected chi connectivity index (χ0v) is 22.8. The maximum Gasteiger partial charge on any atom is 0.504 e. The van der Waals surface area contributed by atoms with Crippen LogP contribution >= 0.6 is 11.6 Å². The first-order valence-corrected chi connectivity index (χ1v) is 15.3. The van der Waals surface area contributed by atoms with Crippen molar-refractivity contribution in [2.75, 3.05) is 19.8 Å². The molecule has 0 N–H and O–H groups in total. The van der Waals surface area contributed by atoms with Gasteiger partial charge in [-0.3, -0.25) is 4.79 Å². The number of hydrogen-bond acceptors (Lipinski definition) is 5. The van der Waals surface area contributed by atoms with Crippen LogP contribution < -0.4 is 0 Å². The van der Waals surface area contributed by atoms with Crippen molar-refractivity contribution < 1.29 is 22.8 Å². The van der Waals surface area contributed by atoms with Crippen molar-refractivity contribution in [1.82, 2.24) is 0 Å². The molecule has 188 valence electrons. The summed E-state index contributed by atoms with van der Waals surface area (Å²) in [6.07, 6.45) is 12.2. The molecule has 0 aliphatic heterocycles. The van der Waals surface area contributed by atoms with Gasteiger partial charge in [-0.1, -0.05) is 57.0 Å². The Morgan fingerprint density at radius 3 is 1.91 bits per heavy atom. The predicted octanol–water partition coefficient (Wildman–Crippen LogP) is 6.95. The summed E-state index contributed by atoms with van der Waals surface area (Å²) >= 11 is 6.54. The minimum absolute atomic E-state index is 0.202. The largest absolute Gasteiger partial charge is 0.504 e. The SMILES string of the molecule is CCO[Si](OCC)(OCC)C(C)C1CCC(C(Cl)OC(C)=O)CCC1C1CCCCCC1. The van der Waals surface area contributed by atoms with E-state index < -0.39 is 14.4 Å². The van der Waals surface area contributed by atoms with Gasteiger partial charge in [0.05, 0.1) is 0 Å². The highest BCUT2D eigenvalue weighted by atomic mass is 35.5. The molecule has 5 nitrogen and oxygen atoms in total. The monoisotopic (exact) mass is 490 g/mol. The van der Waals surface area contributed by atoms with Gasteiger partial charge in [-0.25, -0.2) is 0 Å². The van der Waals surface area contributed by atoms with Crippen molar-refractivity contribution in [1.29, 1.82) is 0 Å². The second-order valence-corrected chi connectivity index (χ2v) is 13.1. The molecular formula is C25H47ClO5Si. The maximum absolute atomic E-state index is 11.5. The van der Waals surface area contributed by atoms with Gasteiger partial charge in [0.2, 0.25) is 0 Å². The molecule has 7 heteroatoms. The highest BCUT2D eigenvalue weighted by Crippen LogP contribution is 2.49. The topological polar surface area (TPSA) is 54.0 Å². The summed E-state index contributed by atoms with van der Waals surface area (Å²) in [6.45, 7) is 11.7. The van der Waals surface area contributed by atoms with Gasteiger partial charge in [-0.05, 0) is 64.2 Å². The van der Waals surface area contributed by atoms with Gasteiger partial charge in [0, 0.05) is 38.2 Å². The molecule has 32 heavy (non-hydrogen) atoms. The van der Waals surface area contributed by atoms with Crippen molar-refractivity contribution in [3.05, 3.63) is 0 Å². The number of hydrogen-bond donors (Lipinski definition) is 0. The van der Waals surface area contributed by atoms with Crippen molar-refractivity contribution in [3.8, 4) is 0 Å². The lowest BCUT2D eigenvalue weighted by atomic mass is 9.74. The average Bonchev–Trinajstić information content (AvgIpc) is 3.14. The summed E-state index contributed by atoms with van der Waals surface area (Å²) in [6, 6.07) is 0. The number of alkyl halides is 1. The molecule has 0 radical (unpaired) electrons. The van der Waals surface area contributed by atoms with Gasteiger partial charge in [0.15, 0.2) is 5.56 Å². The minimum atomic E-state index is -2.82. The molecule has 5 atom stereocenters. The standard InChI is InChI=1S/C25H47ClO5Si/c1-6-28-32(29-7-2,30-8-3)19(4)23-17-15-22(25(26)31-20(5)27)16-18-24(23)21-13-11-9-10-12-14-21/h19,21-25H,6-18H2,1-5H3. The minimum Gasteiger partial charge on any atom is -0.446 e. The molecule has 0 spiro atoms. The van der Waals surface area contributed by atoms with E-state index in [-0.39, 0.29) is 17.4 Å². The Hall–Kier alpha value is -0.143. The Morgan fingerprint density at radius 1 is 0.875 bits per heavy atom. The molecule has 2 saturated carbocycles. The molecule has 2 rings (SSSR count). The first-order chi connectivity index (χ1) is 15.4. The third kappa shape index (κ3) is 7.69. The van der Waals surface area contributed by atoms with Crippen LogP contribution in [0.2, 0.25) is 5.54 Å². The van der Waals surface area contributed by atoms with Crippen LogP contribution in [0.1, 0.15) is 98.8 Å². The lowest BCUT2D eigenvalue weighted by Gasteiger charge is -2.42. The van der Waals surface area contributed by atoms with E-state index in [0.29, 0.717) is 31.7 Å². The van der Waals surface area contributed by atoms with E-state index in [1.54, 1.807) is 0 Å². The number of esters is 1. The van der Waals surface area contributed by atoms with Crippen LogP contribution in [0.3, 0.4) is 0 Å². The Balaban J connectivity index is 2.32. The van der Waals surface area contributed by atoms with Crippen LogP contribution in [0.4, 0.5) is 0 Å². The van der Waals surface area contributed by atoms with Gasteiger partial charge in [-0.15, -0.1) is 0 Å². The van der Waals surface area contributed by atoms with E-state index in [1.165, 1.54) is 45.4 Å². The quantitative estimate of drug-likeness (QED) is 0.136. The van der Waals surface area contributed by atoms with Crippen LogP contribution in [-0.4, -0.2) is 40.2 Å². The molecule has 2 aliphatic carbocycles. The normalized spacial score (nSPS) is 27.9. The number of rotatable bonds is 11. The Morgan fingerprint density at radius 2 is 1.41 bits per heavy atom. The third-order valence-corrected chi connectivity index (χ3v) is 11.7. The maximum atomic E-state index is 11.5. The highest BCUT2D eigenvalue weighted by molar-refractivity contribution is 6.62. The zero-order chi connectivity index (χ0) is 23.6. The molecule has 0 aromatic heterocycles. The predicted molar refractivity (Wildman–Crippen MR) is 132 cm³/mol. The lowest BCUT2D eigenvalue weighted by molar-refractivity contribution is -0.144. The lowest BCUT2D eigenvalue weighted by Crippen LogP contribution is -2.52. The van der Waals surface area contributed by atoms with Crippen molar-refractivity contribution in [2.24, 2.45) is 23.7 Å². The summed E-state index contributed by atoms with van der Waals surface area (Å²) in [7, 11) is -2.82. The molecule has 0 amide bonds. The Labute approximate surface area is 202 Å². The van der Waals surface area contributed by atoms with E-state index >= 15 is 0 Å². The van der Waals surface area contributed by atoms with E-state index in [9.17, 15) is 4.79 Å².